The molecule has 0 aromatic heterocycles. The van der Waals surface area contributed by atoms with Gasteiger partial charge in [-0.2, -0.15) is 0 Å². The summed E-state index contributed by atoms with van der Waals surface area (Å²) in [5.74, 6) is 0.304. The van der Waals surface area contributed by atoms with Crippen molar-refractivity contribution in [3.05, 3.63) is 35.9 Å². The molecule has 1 saturated carbocycles. The predicted molar refractivity (Wildman–Crippen MR) is 63.0 cm³/mol. The monoisotopic (exact) mass is 219 g/mol. The molecule has 16 heavy (non-hydrogen) atoms. The number of hydrogen-bond donors (Lipinski definition) is 0. The van der Waals surface area contributed by atoms with Gasteiger partial charge in [-0.1, -0.05) is 30.3 Å². The van der Waals surface area contributed by atoms with E-state index in [0.29, 0.717) is 18.5 Å². The zero-order valence-electron chi connectivity index (χ0n) is 9.70. The Balaban J connectivity index is 1.75. The summed E-state index contributed by atoms with van der Waals surface area (Å²) < 4.78 is 14.2. The number of benzene rings is 1. The van der Waals surface area contributed by atoms with Crippen molar-refractivity contribution < 1.29 is 4.39 Å². The van der Waals surface area contributed by atoms with Crippen molar-refractivity contribution in [3.8, 4) is 0 Å². The van der Waals surface area contributed by atoms with E-state index in [1.807, 2.05) is 6.07 Å². The van der Waals surface area contributed by atoms with E-state index in [1.54, 1.807) is 0 Å². The smallest absolute Gasteiger partial charge is 0.127 e. The Morgan fingerprint density at radius 2 is 2.12 bits per heavy atom. The van der Waals surface area contributed by atoms with Crippen LogP contribution >= 0.6 is 0 Å². The fourth-order valence-corrected chi connectivity index (χ4v) is 3.05. The predicted octanol–water partition coefficient (Wildman–Crippen LogP) is 3.18. The highest BCUT2D eigenvalue weighted by molar-refractivity contribution is 5.20. The third-order valence-electron chi connectivity index (χ3n) is 4.39. The van der Waals surface area contributed by atoms with E-state index in [1.165, 1.54) is 5.56 Å². The Bertz CT molecular complexity index is 378. The lowest BCUT2D eigenvalue weighted by Gasteiger charge is -2.36. The molecule has 86 valence electrons. The first kappa shape index (κ1) is 10.3. The molecule has 1 saturated heterocycles. The minimum atomic E-state index is -0.858. The fraction of sp³-hybridized carbons (Fsp3) is 0.571. The largest absolute Gasteiger partial charge is 0.293 e. The molecule has 2 fully saturated rings. The second kappa shape index (κ2) is 3.56. The number of halogens is 1. The molecule has 0 N–H and O–H groups in total. The minimum Gasteiger partial charge on any atom is -0.293 e. The summed E-state index contributed by atoms with van der Waals surface area (Å²) in [6.07, 6.45) is 1.85. The van der Waals surface area contributed by atoms with Gasteiger partial charge in [-0.05, 0) is 25.3 Å². The Hall–Kier alpha value is -0.890. The van der Waals surface area contributed by atoms with Gasteiger partial charge >= 0.3 is 0 Å². The highest BCUT2D eigenvalue weighted by atomic mass is 19.1. The van der Waals surface area contributed by atoms with Gasteiger partial charge in [0, 0.05) is 25.0 Å². The summed E-state index contributed by atoms with van der Waals surface area (Å²) in [7, 11) is 0. The van der Waals surface area contributed by atoms with Crippen LogP contribution in [0.5, 0.6) is 0 Å². The first-order valence-electron chi connectivity index (χ1n) is 6.17. The third-order valence-corrected chi connectivity index (χ3v) is 4.39. The van der Waals surface area contributed by atoms with Crippen LogP contribution in [0.2, 0.25) is 0 Å². The molecule has 3 rings (SSSR count). The number of fused-ring (bicyclic) bond motifs is 1. The van der Waals surface area contributed by atoms with Gasteiger partial charge in [0.1, 0.15) is 5.67 Å². The third kappa shape index (κ3) is 1.47. The molecule has 0 bridgehead atoms. The maximum Gasteiger partial charge on any atom is 0.127 e. The maximum absolute atomic E-state index is 14.2. The molecule has 2 heteroatoms. The molecule has 0 spiro atoms. The van der Waals surface area contributed by atoms with Gasteiger partial charge in [0.2, 0.25) is 0 Å². The summed E-state index contributed by atoms with van der Waals surface area (Å²) in [6, 6.07) is 10.8. The van der Waals surface area contributed by atoms with Gasteiger partial charge in [-0.25, -0.2) is 4.39 Å². The van der Waals surface area contributed by atoms with Crippen LogP contribution in [0.15, 0.2) is 30.3 Å². The van der Waals surface area contributed by atoms with Crippen molar-refractivity contribution in [2.75, 3.05) is 13.1 Å². The van der Waals surface area contributed by atoms with Crippen LogP contribution in [0.1, 0.15) is 31.4 Å². The first-order chi connectivity index (χ1) is 7.69. The second-order valence-electron chi connectivity index (χ2n) is 5.29. The summed E-state index contributed by atoms with van der Waals surface area (Å²) >= 11 is 0. The molecule has 0 amide bonds. The van der Waals surface area contributed by atoms with Gasteiger partial charge in [0.05, 0.1) is 0 Å². The standard InChI is InChI=1S/C14H18FN/c1-11(12-5-3-2-4-6-12)16-9-13-7-8-14(13,15)10-16/h2-6,11,13H,7-10H2,1H3/t11-,13?,14+/m1/s1. The number of nitrogens with zero attached hydrogens (tertiary/aromatic N) is 1. The SMILES string of the molecule is C[C@H](c1ccccc1)N1CC2CC[C@]2(F)C1. The van der Waals surface area contributed by atoms with Crippen molar-refractivity contribution in [1.29, 1.82) is 0 Å². The van der Waals surface area contributed by atoms with Crippen molar-refractivity contribution >= 4 is 0 Å². The maximum atomic E-state index is 14.2. The quantitative estimate of drug-likeness (QED) is 0.738. The topological polar surface area (TPSA) is 3.24 Å². The first-order valence-corrected chi connectivity index (χ1v) is 6.17. The van der Waals surface area contributed by atoms with Gasteiger partial charge in [-0.3, -0.25) is 4.90 Å². The molecule has 1 aliphatic carbocycles. The van der Waals surface area contributed by atoms with Crippen LogP contribution < -0.4 is 0 Å². The molecule has 1 aromatic carbocycles. The highest BCUT2D eigenvalue weighted by Gasteiger charge is 2.54. The normalized spacial score (nSPS) is 35.5. The van der Waals surface area contributed by atoms with E-state index in [9.17, 15) is 4.39 Å². The summed E-state index contributed by atoms with van der Waals surface area (Å²) in [4.78, 5) is 2.30. The average Bonchev–Trinajstić information content (AvgIpc) is 2.54. The molecule has 1 aromatic rings. The van der Waals surface area contributed by atoms with E-state index in [0.717, 1.165) is 19.4 Å². The molecular weight excluding hydrogens is 201 g/mol. The number of likely N-dealkylation sites (tertiary alicyclic amines) is 1. The van der Waals surface area contributed by atoms with Crippen LogP contribution in [0.4, 0.5) is 4.39 Å². The van der Waals surface area contributed by atoms with Gasteiger partial charge in [-0.15, -0.1) is 0 Å². The van der Waals surface area contributed by atoms with E-state index in [-0.39, 0.29) is 0 Å². The van der Waals surface area contributed by atoms with Gasteiger partial charge in [0.15, 0.2) is 0 Å². The van der Waals surface area contributed by atoms with Crippen LogP contribution in [0.3, 0.4) is 0 Å². The number of alkyl halides is 1. The zero-order chi connectivity index (χ0) is 11.2. The summed E-state index contributed by atoms with van der Waals surface area (Å²) in [5, 5.41) is 0. The van der Waals surface area contributed by atoms with Crippen LogP contribution in [0.25, 0.3) is 0 Å². The average molecular weight is 219 g/mol. The van der Waals surface area contributed by atoms with Crippen molar-refractivity contribution in [3.63, 3.8) is 0 Å². The second-order valence-corrected chi connectivity index (χ2v) is 5.29. The Kier molecular flexibility index (Phi) is 2.28. The molecule has 1 heterocycles. The minimum absolute atomic E-state index is 0.304. The molecule has 1 aliphatic heterocycles. The van der Waals surface area contributed by atoms with Crippen molar-refractivity contribution in [1.82, 2.24) is 4.90 Å². The Labute approximate surface area is 96.3 Å². The van der Waals surface area contributed by atoms with E-state index in [4.69, 9.17) is 0 Å². The highest BCUT2D eigenvalue weighted by Crippen LogP contribution is 2.49. The van der Waals surface area contributed by atoms with Gasteiger partial charge in [0.25, 0.3) is 0 Å². The summed E-state index contributed by atoms with van der Waals surface area (Å²) in [6.45, 7) is 3.75. The van der Waals surface area contributed by atoms with Crippen LogP contribution in [-0.2, 0) is 0 Å². The van der Waals surface area contributed by atoms with Gasteiger partial charge < -0.3 is 0 Å². The van der Waals surface area contributed by atoms with E-state index < -0.39 is 5.67 Å². The van der Waals surface area contributed by atoms with Crippen LogP contribution in [0, 0.1) is 5.92 Å². The Morgan fingerprint density at radius 3 is 2.62 bits per heavy atom. The molecule has 1 unspecified atom stereocenters. The van der Waals surface area contributed by atoms with E-state index in [2.05, 4.69) is 36.1 Å². The van der Waals surface area contributed by atoms with E-state index >= 15 is 0 Å². The Morgan fingerprint density at radius 1 is 1.38 bits per heavy atom. The lowest BCUT2D eigenvalue weighted by molar-refractivity contribution is 0.0271. The molecule has 0 radical (unpaired) electrons. The van der Waals surface area contributed by atoms with Crippen molar-refractivity contribution in [2.45, 2.75) is 31.5 Å². The number of hydrogen-bond acceptors (Lipinski definition) is 1. The number of rotatable bonds is 2. The van der Waals surface area contributed by atoms with Crippen molar-refractivity contribution in [2.24, 2.45) is 5.92 Å². The molecule has 1 nitrogen and oxygen atoms in total. The zero-order valence-corrected chi connectivity index (χ0v) is 9.70. The summed E-state index contributed by atoms with van der Waals surface area (Å²) in [5.41, 5.74) is 0.440. The molecular formula is C14H18FN. The lowest BCUT2D eigenvalue weighted by Crippen LogP contribution is -2.42. The molecule has 2 aliphatic rings. The lowest BCUT2D eigenvalue weighted by atomic mass is 9.74. The van der Waals surface area contributed by atoms with Crippen LogP contribution in [-0.4, -0.2) is 23.7 Å². The molecule has 3 atom stereocenters. The fourth-order valence-electron chi connectivity index (χ4n) is 3.05.